The minimum atomic E-state index is -3.26. The van der Waals surface area contributed by atoms with Gasteiger partial charge in [-0.1, -0.05) is 6.07 Å². The molecule has 0 radical (unpaired) electrons. The quantitative estimate of drug-likeness (QED) is 0.660. The van der Waals surface area contributed by atoms with Crippen molar-refractivity contribution in [1.29, 1.82) is 0 Å². The molecular weight excluding hydrogens is 286 g/mol. The van der Waals surface area contributed by atoms with Crippen LogP contribution in [-0.4, -0.2) is 36.1 Å². The first-order valence-electron chi connectivity index (χ1n) is 5.45. The molecule has 0 saturated carbocycles. The average Bonchev–Trinajstić information content (AvgIpc) is 2.37. The lowest BCUT2D eigenvalue weighted by atomic mass is 10.0. The second-order valence-electron chi connectivity index (χ2n) is 3.71. The van der Waals surface area contributed by atoms with Crippen molar-refractivity contribution in [3.63, 3.8) is 0 Å². The number of aliphatic hydroxyl groups excluding tert-OH is 2. The number of halogens is 4. The molecule has 0 bridgehead atoms. The van der Waals surface area contributed by atoms with Gasteiger partial charge in [0.25, 0.3) is 0 Å². The smallest absolute Gasteiger partial charge is 0.387 e. The first kappa shape index (κ1) is 16.5. The third-order valence-electron chi connectivity index (χ3n) is 2.35. The molecule has 0 amide bonds. The summed E-state index contributed by atoms with van der Waals surface area (Å²) in [7, 11) is 0. The largest absolute Gasteiger partial charge is 0.431 e. The molecular formula is C11H13F4NO4. The van der Waals surface area contributed by atoms with E-state index in [2.05, 4.69) is 9.47 Å². The summed E-state index contributed by atoms with van der Waals surface area (Å²) in [6.07, 6.45) is -2.81. The molecule has 0 spiro atoms. The van der Waals surface area contributed by atoms with Gasteiger partial charge in [0.15, 0.2) is 11.5 Å². The van der Waals surface area contributed by atoms with Gasteiger partial charge in [-0.25, -0.2) is 0 Å². The third kappa shape index (κ3) is 4.51. The van der Waals surface area contributed by atoms with Crippen molar-refractivity contribution in [3.05, 3.63) is 23.8 Å². The molecule has 1 aromatic carbocycles. The van der Waals surface area contributed by atoms with Gasteiger partial charge in [0, 0.05) is 6.54 Å². The molecule has 0 saturated heterocycles. The number of benzene rings is 1. The number of alkyl halides is 4. The summed E-state index contributed by atoms with van der Waals surface area (Å²) in [5.74, 6) is -1.29. The van der Waals surface area contributed by atoms with Crippen LogP contribution in [0.3, 0.4) is 0 Å². The van der Waals surface area contributed by atoms with E-state index in [0.29, 0.717) is 0 Å². The highest BCUT2D eigenvalue weighted by atomic mass is 19.3. The van der Waals surface area contributed by atoms with Crippen molar-refractivity contribution in [2.24, 2.45) is 5.73 Å². The molecule has 2 unspecified atom stereocenters. The zero-order valence-corrected chi connectivity index (χ0v) is 10.0. The van der Waals surface area contributed by atoms with Crippen LogP contribution in [0.1, 0.15) is 11.7 Å². The Bertz CT molecular complexity index is 433. The molecule has 20 heavy (non-hydrogen) atoms. The van der Waals surface area contributed by atoms with Gasteiger partial charge in [0.1, 0.15) is 6.10 Å². The maximum Gasteiger partial charge on any atom is 0.387 e. The van der Waals surface area contributed by atoms with Crippen LogP contribution in [0.2, 0.25) is 0 Å². The predicted octanol–water partition coefficient (Wildman–Crippen LogP) is 1.24. The average molecular weight is 299 g/mol. The predicted molar refractivity (Wildman–Crippen MR) is 59.7 cm³/mol. The summed E-state index contributed by atoms with van der Waals surface area (Å²) in [4.78, 5) is 0. The number of aliphatic hydroxyl groups is 2. The van der Waals surface area contributed by atoms with Gasteiger partial charge in [-0.3, -0.25) is 0 Å². The first-order valence-corrected chi connectivity index (χ1v) is 5.45. The lowest BCUT2D eigenvalue weighted by molar-refractivity contribution is -0.0694. The molecule has 0 aliphatic rings. The molecule has 4 N–H and O–H groups in total. The molecule has 9 heteroatoms. The zero-order valence-electron chi connectivity index (χ0n) is 10.0. The highest BCUT2D eigenvalue weighted by molar-refractivity contribution is 5.44. The van der Waals surface area contributed by atoms with Gasteiger partial charge in [-0.15, -0.1) is 0 Å². The van der Waals surface area contributed by atoms with E-state index in [4.69, 9.17) is 5.73 Å². The molecule has 0 aliphatic carbocycles. The summed E-state index contributed by atoms with van der Waals surface area (Å²) >= 11 is 0. The Morgan fingerprint density at radius 1 is 1.00 bits per heavy atom. The van der Waals surface area contributed by atoms with Crippen LogP contribution in [-0.2, 0) is 0 Å². The van der Waals surface area contributed by atoms with Crippen LogP contribution >= 0.6 is 0 Å². The Kier molecular flexibility index (Phi) is 5.99. The van der Waals surface area contributed by atoms with Gasteiger partial charge in [0.2, 0.25) is 0 Å². The molecule has 114 valence electrons. The van der Waals surface area contributed by atoms with Crippen molar-refractivity contribution in [3.8, 4) is 11.5 Å². The highest BCUT2D eigenvalue weighted by Crippen LogP contribution is 2.33. The molecule has 0 fully saturated rings. The monoisotopic (exact) mass is 299 g/mol. The lowest BCUT2D eigenvalue weighted by Gasteiger charge is -2.18. The zero-order chi connectivity index (χ0) is 15.3. The highest BCUT2D eigenvalue weighted by Gasteiger charge is 2.21. The van der Waals surface area contributed by atoms with E-state index in [1.54, 1.807) is 0 Å². The van der Waals surface area contributed by atoms with E-state index in [1.807, 2.05) is 0 Å². The van der Waals surface area contributed by atoms with Gasteiger partial charge in [-0.2, -0.15) is 17.6 Å². The Morgan fingerprint density at radius 2 is 1.55 bits per heavy atom. The molecule has 0 aromatic heterocycles. The van der Waals surface area contributed by atoms with Gasteiger partial charge >= 0.3 is 13.2 Å². The van der Waals surface area contributed by atoms with Crippen molar-refractivity contribution in [2.45, 2.75) is 25.4 Å². The van der Waals surface area contributed by atoms with Crippen LogP contribution in [0, 0.1) is 0 Å². The minimum absolute atomic E-state index is 0.0276. The van der Waals surface area contributed by atoms with E-state index in [1.165, 1.54) is 0 Å². The van der Waals surface area contributed by atoms with Crippen LogP contribution < -0.4 is 15.2 Å². The molecule has 1 rings (SSSR count). The fourth-order valence-corrected chi connectivity index (χ4v) is 1.44. The normalized spacial score (nSPS) is 14.4. The van der Waals surface area contributed by atoms with E-state index in [9.17, 15) is 27.8 Å². The molecule has 0 aliphatic heterocycles. The summed E-state index contributed by atoms with van der Waals surface area (Å²) in [6.45, 7) is -6.76. The van der Waals surface area contributed by atoms with Crippen LogP contribution in [0.15, 0.2) is 18.2 Å². The Labute approximate surface area is 111 Å². The minimum Gasteiger partial charge on any atom is -0.431 e. The summed E-state index contributed by atoms with van der Waals surface area (Å²) in [5, 5.41) is 19.0. The fraction of sp³-hybridized carbons (Fsp3) is 0.455. The van der Waals surface area contributed by atoms with Crippen molar-refractivity contribution < 1.29 is 37.2 Å². The number of nitrogens with two attached hydrogens (primary N) is 1. The maximum atomic E-state index is 12.2. The summed E-state index contributed by atoms with van der Waals surface area (Å²) in [6, 6.07) is 2.92. The third-order valence-corrected chi connectivity index (χ3v) is 2.35. The van der Waals surface area contributed by atoms with Crippen LogP contribution in [0.4, 0.5) is 17.6 Å². The van der Waals surface area contributed by atoms with E-state index in [0.717, 1.165) is 18.2 Å². The van der Waals surface area contributed by atoms with E-state index < -0.39 is 36.9 Å². The van der Waals surface area contributed by atoms with Crippen LogP contribution in [0.5, 0.6) is 11.5 Å². The SMILES string of the molecule is NCC(O)C(O)c1ccc(OC(F)F)c(OC(F)F)c1. The number of ether oxygens (including phenoxy) is 2. The number of rotatable bonds is 7. The summed E-state index contributed by atoms with van der Waals surface area (Å²) < 4.78 is 56.7. The standard InChI is InChI=1S/C11H13F4NO4/c12-10(13)19-7-2-1-5(9(18)6(17)4-16)3-8(7)20-11(14)15/h1-3,6,9-11,17-18H,4,16H2. The number of hydrogen-bond donors (Lipinski definition) is 3. The van der Waals surface area contributed by atoms with E-state index in [-0.39, 0.29) is 12.1 Å². The Hall–Kier alpha value is -1.58. The van der Waals surface area contributed by atoms with Crippen molar-refractivity contribution >= 4 is 0 Å². The summed E-state index contributed by atoms with van der Waals surface area (Å²) in [5.41, 5.74) is 5.11. The maximum absolute atomic E-state index is 12.2. The molecule has 5 nitrogen and oxygen atoms in total. The fourth-order valence-electron chi connectivity index (χ4n) is 1.44. The Morgan fingerprint density at radius 3 is 2.05 bits per heavy atom. The molecule has 1 aromatic rings. The van der Waals surface area contributed by atoms with E-state index >= 15 is 0 Å². The van der Waals surface area contributed by atoms with Crippen molar-refractivity contribution in [1.82, 2.24) is 0 Å². The Balaban J connectivity index is 3.06. The van der Waals surface area contributed by atoms with Gasteiger partial charge < -0.3 is 25.4 Å². The second-order valence-corrected chi connectivity index (χ2v) is 3.71. The molecule has 2 atom stereocenters. The second kappa shape index (κ2) is 7.27. The van der Waals surface area contributed by atoms with Gasteiger partial charge in [0.05, 0.1) is 6.10 Å². The van der Waals surface area contributed by atoms with Crippen molar-refractivity contribution in [2.75, 3.05) is 6.54 Å². The van der Waals surface area contributed by atoms with Crippen LogP contribution in [0.25, 0.3) is 0 Å². The lowest BCUT2D eigenvalue weighted by Crippen LogP contribution is -2.27. The first-order chi connectivity index (χ1) is 9.35. The topological polar surface area (TPSA) is 84.9 Å². The van der Waals surface area contributed by atoms with Gasteiger partial charge in [-0.05, 0) is 17.7 Å². The molecule has 0 heterocycles. The number of hydrogen-bond acceptors (Lipinski definition) is 5.